The fourth-order valence-corrected chi connectivity index (χ4v) is 2.19. The summed E-state index contributed by atoms with van der Waals surface area (Å²) in [6.45, 7) is 3.40. The highest BCUT2D eigenvalue weighted by atomic mass is 32.2. The Morgan fingerprint density at radius 1 is 1.50 bits per heavy atom. The van der Waals surface area contributed by atoms with Crippen LogP contribution in [0.3, 0.4) is 0 Å². The molecule has 6 heteroatoms. The van der Waals surface area contributed by atoms with Crippen molar-refractivity contribution in [3.05, 3.63) is 24.0 Å². The van der Waals surface area contributed by atoms with Crippen molar-refractivity contribution in [3.63, 3.8) is 0 Å². The van der Waals surface area contributed by atoms with Crippen LogP contribution in [0.25, 0.3) is 0 Å². The molecule has 0 aliphatic heterocycles. The molecule has 1 rings (SSSR count). The number of rotatable bonds is 5. The summed E-state index contributed by atoms with van der Waals surface area (Å²) in [6, 6.07) is 3.04. The first-order chi connectivity index (χ1) is 7.34. The van der Waals surface area contributed by atoms with E-state index in [1.807, 2.05) is 0 Å². The van der Waals surface area contributed by atoms with Crippen LogP contribution in [0.5, 0.6) is 0 Å². The van der Waals surface area contributed by atoms with E-state index < -0.39 is 21.1 Å². The summed E-state index contributed by atoms with van der Waals surface area (Å²) in [5.41, 5.74) is 0.110. The molecule has 0 fully saturated rings. The van der Waals surface area contributed by atoms with E-state index >= 15 is 0 Å². The van der Waals surface area contributed by atoms with Gasteiger partial charge in [0, 0.05) is 12.7 Å². The molecule has 0 spiro atoms. The molecule has 1 heterocycles. The van der Waals surface area contributed by atoms with Crippen LogP contribution < -0.4 is 0 Å². The Morgan fingerprint density at radius 3 is 2.62 bits per heavy atom. The minimum atomic E-state index is -3.13. The van der Waals surface area contributed by atoms with Gasteiger partial charge in [-0.15, -0.1) is 0 Å². The molecule has 0 saturated heterocycles. The van der Waals surface area contributed by atoms with E-state index in [1.54, 1.807) is 26.1 Å². The number of nitrogens with zero attached hydrogens (tertiary/aromatic N) is 1. The van der Waals surface area contributed by atoms with Crippen LogP contribution in [0.15, 0.2) is 18.3 Å². The van der Waals surface area contributed by atoms with Crippen molar-refractivity contribution < 1.29 is 18.3 Å². The topological polar surface area (TPSA) is 76.4 Å². The number of sulfone groups is 1. The van der Waals surface area contributed by atoms with Crippen molar-refractivity contribution in [1.82, 2.24) is 4.57 Å². The second-order valence-electron chi connectivity index (χ2n) is 3.81. The predicted molar refractivity (Wildman–Crippen MR) is 60.3 cm³/mol. The van der Waals surface area contributed by atoms with E-state index in [-0.39, 0.29) is 18.0 Å². The van der Waals surface area contributed by atoms with E-state index in [2.05, 4.69) is 0 Å². The van der Waals surface area contributed by atoms with Crippen LogP contribution >= 0.6 is 0 Å². The summed E-state index contributed by atoms with van der Waals surface area (Å²) < 4.78 is 24.5. The number of aromatic carboxylic acids is 1. The lowest BCUT2D eigenvalue weighted by molar-refractivity contribution is 0.0685. The summed E-state index contributed by atoms with van der Waals surface area (Å²) >= 11 is 0. The molecule has 1 aromatic rings. The number of carbonyl (C=O) groups is 1. The van der Waals surface area contributed by atoms with Gasteiger partial charge in [-0.05, 0) is 26.0 Å². The Bertz CT molecular complexity index is 473. The van der Waals surface area contributed by atoms with Gasteiger partial charge in [0.05, 0.1) is 11.0 Å². The van der Waals surface area contributed by atoms with E-state index in [0.717, 1.165) is 0 Å². The van der Waals surface area contributed by atoms with Gasteiger partial charge in [0.15, 0.2) is 9.84 Å². The molecule has 0 aromatic carbocycles. The maximum atomic E-state index is 11.5. The Kier molecular flexibility index (Phi) is 3.74. The zero-order chi connectivity index (χ0) is 12.3. The molecule has 90 valence electrons. The third-order valence-corrected chi connectivity index (χ3v) is 4.57. The molecule has 16 heavy (non-hydrogen) atoms. The van der Waals surface area contributed by atoms with Crippen molar-refractivity contribution in [2.75, 3.05) is 5.75 Å². The first-order valence-electron chi connectivity index (χ1n) is 4.94. The molecule has 1 aromatic heterocycles. The number of hydrogen-bond donors (Lipinski definition) is 1. The maximum Gasteiger partial charge on any atom is 0.352 e. The van der Waals surface area contributed by atoms with Crippen molar-refractivity contribution >= 4 is 15.8 Å². The van der Waals surface area contributed by atoms with Crippen molar-refractivity contribution in [2.45, 2.75) is 25.6 Å². The predicted octanol–water partition coefficient (Wildman–Crippen LogP) is 1.01. The largest absolute Gasteiger partial charge is 0.477 e. The number of aryl methyl sites for hydroxylation is 1. The number of carboxylic acid groups (broad SMARTS) is 1. The minimum absolute atomic E-state index is 0.0420. The van der Waals surface area contributed by atoms with Crippen molar-refractivity contribution in [3.8, 4) is 0 Å². The second kappa shape index (κ2) is 4.69. The van der Waals surface area contributed by atoms with Crippen LogP contribution in [0.4, 0.5) is 0 Å². The van der Waals surface area contributed by atoms with E-state index in [0.29, 0.717) is 0 Å². The summed E-state index contributed by atoms with van der Waals surface area (Å²) in [4.78, 5) is 10.8. The zero-order valence-electron chi connectivity index (χ0n) is 9.25. The normalized spacial score (nSPS) is 11.9. The average molecular weight is 245 g/mol. The van der Waals surface area contributed by atoms with Gasteiger partial charge < -0.3 is 9.67 Å². The van der Waals surface area contributed by atoms with Crippen LogP contribution in [-0.2, 0) is 16.4 Å². The Hall–Kier alpha value is -1.30. The van der Waals surface area contributed by atoms with Gasteiger partial charge in [-0.25, -0.2) is 13.2 Å². The Balaban J connectivity index is 2.76. The highest BCUT2D eigenvalue weighted by Gasteiger charge is 2.17. The van der Waals surface area contributed by atoms with Gasteiger partial charge in [-0.1, -0.05) is 0 Å². The summed E-state index contributed by atoms with van der Waals surface area (Å²) in [5.74, 6) is -1.09. The van der Waals surface area contributed by atoms with Crippen LogP contribution in [0, 0.1) is 0 Å². The first kappa shape index (κ1) is 12.8. The molecule has 0 saturated carbocycles. The lowest BCUT2D eigenvalue weighted by Crippen LogP contribution is -2.22. The molecule has 5 nitrogen and oxygen atoms in total. The third kappa shape index (κ3) is 2.85. The lowest BCUT2D eigenvalue weighted by atomic mass is 10.4. The molecule has 0 amide bonds. The SMILES string of the molecule is CC(C)S(=O)(=O)CCn1cccc1C(=O)O. The first-order valence-corrected chi connectivity index (χ1v) is 6.66. The second-order valence-corrected chi connectivity index (χ2v) is 6.48. The number of carboxylic acids is 1. The molecule has 0 aliphatic carbocycles. The highest BCUT2D eigenvalue weighted by Crippen LogP contribution is 2.06. The van der Waals surface area contributed by atoms with Gasteiger partial charge in [0.2, 0.25) is 0 Å². The summed E-state index contributed by atoms with van der Waals surface area (Å²) in [6.07, 6.45) is 1.57. The average Bonchev–Trinajstić information content (AvgIpc) is 2.62. The minimum Gasteiger partial charge on any atom is -0.477 e. The van der Waals surface area contributed by atoms with Gasteiger partial charge in [0.25, 0.3) is 0 Å². The molecule has 0 unspecified atom stereocenters. The molecule has 0 radical (unpaired) electrons. The lowest BCUT2D eigenvalue weighted by Gasteiger charge is -2.09. The van der Waals surface area contributed by atoms with E-state index in [1.165, 1.54) is 10.6 Å². The van der Waals surface area contributed by atoms with Gasteiger partial charge in [-0.3, -0.25) is 0 Å². The molecule has 0 bridgehead atoms. The van der Waals surface area contributed by atoms with Crippen molar-refractivity contribution in [1.29, 1.82) is 0 Å². The Labute approximate surface area is 94.6 Å². The van der Waals surface area contributed by atoms with Crippen LogP contribution in [0.1, 0.15) is 24.3 Å². The summed E-state index contributed by atoms with van der Waals surface area (Å²) in [7, 11) is -3.13. The maximum absolute atomic E-state index is 11.5. The number of aromatic nitrogens is 1. The Morgan fingerprint density at radius 2 is 2.12 bits per heavy atom. The fourth-order valence-electron chi connectivity index (χ4n) is 1.26. The molecular formula is C10H15NO4S. The molecule has 0 atom stereocenters. The fraction of sp³-hybridized carbons (Fsp3) is 0.500. The van der Waals surface area contributed by atoms with Crippen LogP contribution in [0.2, 0.25) is 0 Å². The standard InChI is InChI=1S/C10H15NO4S/c1-8(2)16(14,15)7-6-11-5-3-4-9(11)10(12)13/h3-5,8H,6-7H2,1-2H3,(H,12,13). The number of hydrogen-bond acceptors (Lipinski definition) is 3. The molecular weight excluding hydrogens is 230 g/mol. The highest BCUT2D eigenvalue weighted by molar-refractivity contribution is 7.91. The van der Waals surface area contributed by atoms with Crippen molar-refractivity contribution in [2.24, 2.45) is 0 Å². The van der Waals surface area contributed by atoms with Gasteiger partial charge in [-0.2, -0.15) is 0 Å². The van der Waals surface area contributed by atoms with Crippen LogP contribution in [-0.4, -0.2) is 35.1 Å². The van der Waals surface area contributed by atoms with E-state index in [4.69, 9.17) is 5.11 Å². The van der Waals surface area contributed by atoms with Gasteiger partial charge in [0.1, 0.15) is 5.69 Å². The van der Waals surface area contributed by atoms with E-state index in [9.17, 15) is 13.2 Å². The molecule has 1 N–H and O–H groups in total. The monoisotopic (exact) mass is 245 g/mol. The van der Waals surface area contributed by atoms with Gasteiger partial charge >= 0.3 is 5.97 Å². The zero-order valence-corrected chi connectivity index (χ0v) is 10.1. The molecule has 0 aliphatic rings. The smallest absolute Gasteiger partial charge is 0.352 e. The quantitative estimate of drug-likeness (QED) is 0.840. The third-order valence-electron chi connectivity index (χ3n) is 2.38. The summed E-state index contributed by atoms with van der Waals surface area (Å²) in [5, 5.41) is 8.39.